The van der Waals surface area contributed by atoms with Crippen molar-refractivity contribution in [1.29, 1.82) is 0 Å². The van der Waals surface area contributed by atoms with Crippen LogP contribution in [-0.4, -0.2) is 13.5 Å². The second-order valence-corrected chi connectivity index (χ2v) is 6.41. The van der Waals surface area contributed by atoms with E-state index in [1.165, 1.54) is 0 Å². The molecule has 0 fully saturated rings. The lowest BCUT2D eigenvalue weighted by Gasteiger charge is -2.11. The van der Waals surface area contributed by atoms with Crippen LogP contribution in [0.3, 0.4) is 0 Å². The van der Waals surface area contributed by atoms with Crippen LogP contribution in [0.2, 0.25) is 0 Å². The number of hydrogen-bond donors (Lipinski definition) is 2. The summed E-state index contributed by atoms with van der Waals surface area (Å²) in [4.78, 5) is 0.222. The van der Waals surface area contributed by atoms with Gasteiger partial charge in [0.05, 0.1) is 11.0 Å². The van der Waals surface area contributed by atoms with Gasteiger partial charge in [0, 0.05) is 5.69 Å². The number of aliphatic hydroxyl groups excluding tert-OH is 1. The number of sulfonamides is 1. The van der Waals surface area contributed by atoms with E-state index in [9.17, 15) is 13.5 Å². The van der Waals surface area contributed by atoms with E-state index in [0.29, 0.717) is 11.3 Å². The Labute approximate surface area is 119 Å². The Morgan fingerprint density at radius 1 is 1.10 bits per heavy atom. The third-order valence-corrected chi connectivity index (χ3v) is 4.30. The predicted octanol–water partition coefficient (Wildman–Crippen LogP) is 2.85. The summed E-state index contributed by atoms with van der Waals surface area (Å²) in [6.07, 6.45) is -0.640. The van der Waals surface area contributed by atoms with E-state index in [1.54, 1.807) is 49.4 Å². The predicted molar refractivity (Wildman–Crippen MR) is 79.1 cm³/mol. The van der Waals surface area contributed by atoms with Gasteiger partial charge in [0.25, 0.3) is 10.0 Å². The Morgan fingerprint density at radius 2 is 1.80 bits per heavy atom. The fourth-order valence-corrected chi connectivity index (χ4v) is 3.01. The van der Waals surface area contributed by atoms with Crippen LogP contribution in [0.5, 0.6) is 0 Å². The molecule has 0 heterocycles. The second-order valence-electron chi connectivity index (χ2n) is 4.72. The monoisotopic (exact) mass is 291 g/mol. The molecule has 0 aliphatic heterocycles. The molecule has 0 saturated carbocycles. The van der Waals surface area contributed by atoms with E-state index in [-0.39, 0.29) is 4.90 Å². The van der Waals surface area contributed by atoms with Crippen LogP contribution in [0.4, 0.5) is 5.69 Å². The molecule has 0 aliphatic rings. The van der Waals surface area contributed by atoms with E-state index in [0.717, 1.165) is 5.56 Å². The summed E-state index contributed by atoms with van der Waals surface area (Å²) < 4.78 is 27.0. The summed E-state index contributed by atoms with van der Waals surface area (Å²) in [5.41, 5.74) is 1.98. The van der Waals surface area contributed by atoms with Crippen molar-refractivity contribution in [3.63, 3.8) is 0 Å². The number of anilines is 1. The molecule has 0 radical (unpaired) electrons. The standard InChI is InChI=1S/C15H17NO3S/c1-11-5-3-8-15(9-11)20(18,19)16-14-7-4-6-13(10-14)12(2)17/h3-10,12,16-17H,1-2H3. The first-order chi connectivity index (χ1) is 9.38. The molecule has 0 spiro atoms. The van der Waals surface area contributed by atoms with E-state index < -0.39 is 16.1 Å². The second kappa shape index (κ2) is 5.64. The van der Waals surface area contributed by atoms with Gasteiger partial charge < -0.3 is 5.11 Å². The zero-order chi connectivity index (χ0) is 14.8. The minimum Gasteiger partial charge on any atom is -0.389 e. The SMILES string of the molecule is Cc1cccc(S(=O)(=O)Nc2cccc(C(C)O)c2)c1. The molecule has 0 aliphatic carbocycles. The van der Waals surface area contributed by atoms with Gasteiger partial charge in [-0.3, -0.25) is 4.72 Å². The molecule has 4 nitrogen and oxygen atoms in total. The zero-order valence-electron chi connectivity index (χ0n) is 11.4. The molecule has 1 atom stereocenters. The summed E-state index contributed by atoms with van der Waals surface area (Å²) in [5, 5.41) is 9.52. The number of aryl methyl sites for hydroxylation is 1. The molecule has 106 valence electrons. The van der Waals surface area contributed by atoms with Crippen molar-refractivity contribution in [2.45, 2.75) is 24.8 Å². The highest BCUT2D eigenvalue weighted by Gasteiger charge is 2.14. The maximum atomic E-state index is 12.3. The first-order valence-electron chi connectivity index (χ1n) is 6.26. The minimum absolute atomic E-state index is 0.222. The molecule has 0 aromatic heterocycles. The molecule has 0 bridgehead atoms. The van der Waals surface area contributed by atoms with Crippen LogP contribution in [0.25, 0.3) is 0 Å². The average Bonchev–Trinajstić information content (AvgIpc) is 2.38. The van der Waals surface area contributed by atoms with Crippen LogP contribution in [0, 0.1) is 6.92 Å². The quantitative estimate of drug-likeness (QED) is 0.910. The first kappa shape index (κ1) is 14.6. The number of aliphatic hydroxyl groups is 1. The van der Waals surface area contributed by atoms with Crippen molar-refractivity contribution in [2.24, 2.45) is 0 Å². The fraction of sp³-hybridized carbons (Fsp3) is 0.200. The Kier molecular flexibility index (Phi) is 4.11. The van der Waals surface area contributed by atoms with E-state index in [2.05, 4.69) is 4.72 Å². The smallest absolute Gasteiger partial charge is 0.261 e. The molecule has 2 aromatic carbocycles. The maximum Gasteiger partial charge on any atom is 0.261 e. The Bertz CT molecular complexity index is 709. The summed E-state index contributed by atoms with van der Waals surface area (Å²) in [6, 6.07) is 13.4. The molecule has 0 amide bonds. The van der Waals surface area contributed by atoms with Gasteiger partial charge >= 0.3 is 0 Å². The molecule has 1 unspecified atom stereocenters. The van der Waals surface area contributed by atoms with E-state index >= 15 is 0 Å². The van der Waals surface area contributed by atoms with Crippen LogP contribution >= 0.6 is 0 Å². The molecular formula is C15H17NO3S. The molecule has 20 heavy (non-hydrogen) atoms. The Balaban J connectivity index is 2.31. The lowest BCUT2D eigenvalue weighted by atomic mass is 10.1. The van der Waals surface area contributed by atoms with Gasteiger partial charge in [-0.1, -0.05) is 24.3 Å². The van der Waals surface area contributed by atoms with Crippen molar-refractivity contribution in [3.8, 4) is 0 Å². The minimum atomic E-state index is -3.61. The van der Waals surface area contributed by atoms with Crippen LogP contribution < -0.4 is 4.72 Å². The highest BCUT2D eigenvalue weighted by Crippen LogP contribution is 2.20. The highest BCUT2D eigenvalue weighted by molar-refractivity contribution is 7.92. The molecule has 0 saturated heterocycles. The number of rotatable bonds is 4. The van der Waals surface area contributed by atoms with Gasteiger partial charge in [0.15, 0.2) is 0 Å². The van der Waals surface area contributed by atoms with Gasteiger partial charge in [0.1, 0.15) is 0 Å². The maximum absolute atomic E-state index is 12.3. The Hall–Kier alpha value is -1.85. The molecule has 2 N–H and O–H groups in total. The number of nitrogens with one attached hydrogen (secondary N) is 1. The van der Waals surface area contributed by atoms with Gasteiger partial charge in [0.2, 0.25) is 0 Å². The van der Waals surface area contributed by atoms with Crippen LogP contribution in [-0.2, 0) is 10.0 Å². The third kappa shape index (κ3) is 3.37. The van der Waals surface area contributed by atoms with Crippen molar-refractivity contribution in [2.75, 3.05) is 4.72 Å². The third-order valence-electron chi connectivity index (χ3n) is 2.92. The molecule has 2 aromatic rings. The summed E-state index contributed by atoms with van der Waals surface area (Å²) >= 11 is 0. The van der Waals surface area contributed by atoms with Gasteiger partial charge in [-0.05, 0) is 49.2 Å². The summed E-state index contributed by atoms with van der Waals surface area (Å²) in [5.74, 6) is 0. The molecule has 2 rings (SSSR count). The van der Waals surface area contributed by atoms with Gasteiger partial charge in [-0.15, -0.1) is 0 Å². The van der Waals surface area contributed by atoms with Crippen molar-refractivity contribution in [1.82, 2.24) is 0 Å². The fourth-order valence-electron chi connectivity index (χ4n) is 1.86. The topological polar surface area (TPSA) is 66.4 Å². The summed E-state index contributed by atoms with van der Waals surface area (Å²) in [7, 11) is -3.61. The number of benzene rings is 2. The van der Waals surface area contributed by atoms with Gasteiger partial charge in [-0.2, -0.15) is 0 Å². The van der Waals surface area contributed by atoms with Crippen molar-refractivity contribution < 1.29 is 13.5 Å². The highest BCUT2D eigenvalue weighted by atomic mass is 32.2. The summed E-state index contributed by atoms with van der Waals surface area (Å²) in [6.45, 7) is 3.47. The lowest BCUT2D eigenvalue weighted by molar-refractivity contribution is 0.199. The van der Waals surface area contributed by atoms with Crippen molar-refractivity contribution in [3.05, 3.63) is 59.7 Å². The van der Waals surface area contributed by atoms with Crippen molar-refractivity contribution >= 4 is 15.7 Å². The average molecular weight is 291 g/mol. The van der Waals surface area contributed by atoms with Gasteiger partial charge in [-0.25, -0.2) is 8.42 Å². The zero-order valence-corrected chi connectivity index (χ0v) is 12.2. The van der Waals surface area contributed by atoms with E-state index in [4.69, 9.17) is 0 Å². The first-order valence-corrected chi connectivity index (χ1v) is 7.74. The van der Waals surface area contributed by atoms with Crippen LogP contribution in [0.1, 0.15) is 24.2 Å². The van der Waals surface area contributed by atoms with Crippen LogP contribution in [0.15, 0.2) is 53.4 Å². The lowest BCUT2D eigenvalue weighted by Crippen LogP contribution is -2.13. The Morgan fingerprint density at radius 3 is 2.45 bits per heavy atom. The molecule has 5 heteroatoms. The number of hydrogen-bond acceptors (Lipinski definition) is 3. The normalized spacial score (nSPS) is 12.9. The largest absolute Gasteiger partial charge is 0.389 e. The van der Waals surface area contributed by atoms with E-state index in [1.807, 2.05) is 13.0 Å². The molecular weight excluding hydrogens is 274 g/mol.